The van der Waals surface area contributed by atoms with Crippen LogP contribution in [0.3, 0.4) is 0 Å². The van der Waals surface area contributed by atoms with Crippen molar-refractivity contribution in [3.05, 3.63) is 45.2 Å². The number of aryl methyl sites for hydroxylation is 1. The van der Waals surface area contributed by atoms with E-state index in [9.17, 15) is 34.8 Å². The number of fused-ring (bicyclic) bond motifs is 3. The molecule has 0 saturated heterocycles. The number of carbonyl (C=O) groups excluding carboxylic acids is 3. The first-order chi connectivity index (χ1) is 14.8. The van der Waals surface area contributed by atoms with E-state index >= 15 is 0 Å². The highest BCUT2D eigenvalue weighted by molar-refractivity contribution is 6.37. The quantitative estimate of drug-likeness (QED) is 0.391. The minimum absolute atomic E-state index is 0. The van der Waals surface area contributed by atoms with Gasteiger partial charge in [0.2, 0.25) is 5.78 Å². The van der Waals surface area contributed by atoms with Crippen LogP contribution in [0.4, 0.5) is 0 Å². The standard InChI is InChI=1S/C22H21ClN2O7.ClH/c1-7-8-6-9-16(25(2)3)18(28)15(21(24)31)20(30)22(9,32)19(29)13(8)17(27)14-11(26)5-4-10(23)12(7)14;/h4-5,9,16,26-27,30,32H,6H2,1-3H3,(H2,24,31);1H/t9?,16?,22-;/m0./s1. The third-order valence-corrected chi connectivity index (χ3v) is 6.88. The van der Waals surface area contributed by atoms with Crippen molar-refractivity contribution in [3.8, 4) is 11.5 Å². The number of aromatic hydroxyl groups is 2. The van der Waals surface area contributed by atoms with Gasteiger partial charge in [0.1, 0.15) is 22.8 Å². The monoisotopic (exact) mass is 496 g/mol. The molecule has 9 nitrogen and oxygen atoms in total. The van der Waals surface area contributed by atoms with Gasteiger partial charge < -0.3 is 26.2 Å². The number of hydrogen-bond donors (Lipinski definition) is 5. The first kappa shape index (κ1) is 24.8. The SMILES string of the molecule is Cc1c2c(c(O)c3c(O)ccc(Cl)c13)C(=O)[C@]1(O)C(O)=C(C(N)=O)C(=O)C(N(C)C)C1C2.Cl. The van der Waals surface area contributed by atoms with E-state index in [-0.39, 0.29) is 40.5 Å². The van der Waals surface area contributed by atoms with E-state index in [2.05, 4.69) is 0 Å². The number of phenolic OH excluding ortho intramolecular Hbond substituents is 2. The molecule has 176 valence electrons. The molecule has 2 aromatic carbocycles. The van der Waals surface area contributed by atoms with E-state index in [1.54, 1.807) is 6.92 Å². The number of primary amides is 1. The number of phenols is 2. The second kappa shape index (κ2) is 7.88. The minimum Gasteiger partial charge on any atom is -0.508 e. The van der Waals surface area contributed by atoms with Crippen molar-refractivity contribution in [2.45, 2.75) is 25.0 Å². The zero-order valence-corrected chi connectivity index (χ0v) is 19.4. The van der Waals surface area contributed by atoms with Crippen molar-refractivity contribution in [2.75, 3.05) is 14.1 Å². The molecule has 0 saturated carbocycles. The Kier molecular flexibility index (Phi) is 5.92. The van der Waals surface area contributed by atoms with Crippen LogP contribution in [-0.4, -0.2) is 68.5 Å². The van der Waals surface area contributed by atoms with Crippen molar-refractivity contribution in [1.82, 2.24) is 4.90 Å². The molecule has 0 radical (unpaired) electrons. The fourth-order valence-electron chi connectivity index (χ4n) is 5.10. The molecule has 4 rings (SSSR count). The van der Waals surface area contributed by atoms with Gasteiger partial charge in [-0.25, -0.2) is 0 Å². The maximum absolute atomic E-state index is 13.6. The normalized spacial score (nSPS) is 24.5. The molecule has 0 heterocycles. The average Bonchev–Trinajstić information content (AvgIpc) is 2.69. The van der Waals surface area contributed by atoms with Crippen LogP contribution in [0.1, 0.15) is 21.5 Å². The molecule has 1 amide bonds. The lowest BCUT2D eigenvalue weighted by Crippen LogP contribution is -2.64. The number of hydrogen-bond acceptors (Lipinski definition) is 8. The van der Waals surface area contributed by atoms with E-state index in [4.69, 9.17) is 17.3 Å². The molecule has 6 N–H and O–H groups in total. The summed E-state index contributed by atoms with van der Waals surface area (Å²) < 4.78 is 0. The Morgan fingerprint density at radius 2 is 1.79 bits per heavy atom. The number of rotatable bonds is 2. The maximum atomic E-state index is 13.6. The second-order valence-electron chi connectivity index (χ2n) is 8.41. The summed E-state index contributed by atoms with van der Waals surface area (Å²) in [6.45, 7) is 1.64. The summed E-state index contributed by atoms with van der Waals surface area (Å²) in [4.78, 5) is 40.0. The lowest BCUT2D eigenvalue weighted by molar-refractivity contribution is -0.132. The number of halogens is 2. The summed E-state index contributed by atoms with van der Waals surface area (Å²) >= 11 is 6.31. The van der Waals surface area contributed by atoms with Gasteiger partial charge in [-0.2, -0.15) is 0 Å². The van der Waals surface area contributed by atoms with Gasteiger partial charge in [-0.1, -0.05) is 11.6 Å². The number of nitrogens with zero attached hydrogens (tertiary/aromatic N) is 1. The van der Waals surface area contributed by atoms with Crippen LogP contribution < -0.4 is 5.73 Å². The molecular formula is C22H22Cl2N2O7. The van der Waals surface area contributed by atoms with Crippen LogP contribution >= 0.6 is 24.0 Å². The number of ketones is 2. The number of aliphatic hydroxyl groups excluding tert-OH is 1. The fraction of sp³-hybridized carbons (Fsp3) is 0.318. The molecule has 0 bridgehead atoms. The van der Waals surface area contributed by atoms with Gasteiger partial charge in [0.05, 0.1) is 17.0 Å². The number of Topliss-reactive ketones (excluding diaryl/α,β-unsaturated/α-hetero) is 2. The number of aliphatic hydroxyl groups is 2. The smallest absolute Gasteiger partial charge is 0.255 e. The Hall–Kier alpha value is -2.85. The molecule has 2 aromatic rings. The topological polar surface area (TPSA) is 161 Å². The third-order valence-electron chi connectivity index (χ3n) is 6.57. The van der Waals surface area contributed by atoms with Crippen LogP contribution in [-0.2, 0) is 16.0 Å². The van der Waals surface area contributed by atoms with Crippen LogP contribution in [0.15, 0.2) is 23.5 Å². The minimum atomic E-state index is -2.69. The summed E-state index contributed by atoms with van der Waals surface area (Å²) in [6, 6.07) is 1.54. The Morgan fingerprint density at radius 3 is 2.33 bits per heavy atom. The maximum Gasteiger partial charge on any atom is 0.255 e. The van der Waals surface area contributed by atoms with Gasteiger partial charge in [-0.3, -0.25) is 19.3 Å². The van der Waals surface area contributed by atoms with Crippen molar-refractivity contribution in [1.29, 1.82) is 0 Å². The average molecular weight is 497 g/mol. The summed E-state index contributed by atoms with van der Waals surface area (Å²) in [5, 5.41) is 44.0. The predicted molar refractivity (Wildman–Crippen MR) is 122 cm³/mol. The van der Waals surface area contributed by atoms with Gasteiger partial charge >= 0.3 is 0 Å². The molecule has 3 atom stereocenters. The fourth-order valence-corrected chi connectivity index (χ4v) is 5.40. The number of benzene rings is 2. The lowest BCUT2D eigenvalue weighted by Gasteiger charge is -2.47. The van der Waals surface area contributed by atoms with Gasteiger partial charge in [0.25, 0.3) is 5.91 Å². The third kappa shape index (κ3) is 3.03. The first-order valence-electron chi connectivity index (χ1n) is 9.72. The van der Waals surface area contributed by atoms with Gasteiger partial charge in [-0.05, 0) is 50.7 Å². The van der Waals surface area contributed by atoms with E-state index in [1.807, 2.05) is 0 Å². The van der Waals surface area contributed by atoms with Crippen LogP contribution in [0.5, 0.6) is 11.5 Å². The van der Waals surface area contributed by atoms with Crippen molar-refractivity contribution in [3.63, 3.8) is 0 Å². The van der Waals surface area contributed by atoms with Gasteiger partial charge in [0.15, 0.2) is 11.4 Å². The predicted octanol–water partition coefficient (Wildman–Crippen LogP) is 1.53. The Balaban J connectivity index is 0.00000306. The summed E-state index contributed by atoms with van der Waals surface area (Å²) in [5.74, 6) is -6.49. The first-order valence-corrected chi connectivity index (χ1v) is 10.1. The van der Waals surface area contributed by atoms with Crippen molar-refractivity contribution >= 4 is 52.3 Å². The molecule has 2 unspecified atom stereocenters. The van der Waals surface area contributed by atoms with Crippen molar-refractivity contribution < 1.29 is 34.8 Å². The highest BCUT2D eigenvalue weighted by Crippen LogP contribution is 2.51. The van der Waals surface area contributed by atoms with Gasteiger partial charge in [0, 0.05) is 16.3 Å². The molecule has 33 heavy (non-hydrogen) atoms. The Morgan fingerprint density at radius 1 is 1.18 bits per heavy atom. The Bertz CT molecular complexity index is 1290. The molecule has 11 heteroatoms. The number of likely N-dealkylation sites (N-methyl/N-ethyl adjacent to an activating group) is 1. The summed E-state index contributed by atoms with van der Waals surface area (Å²) in [7, 11) is 3.06. The Labute approximate surface area is 199 Å². The van der Waals surface area contributed by atoms with E-state index < -0.39 is 52.1 Å². The zero-order valence-electron chi connectivity index (χ0n) is 17.8. The lowest BCUT2D eigenvalue weighted by atomic mass is 9.61. The second-order valence-corrected chi connectivity index (χ2v) is 8.82. The molecule has 0 fully saturated rings. The highest BCUT2D eigenvalue weighted by Gasteiger charge is 2.62. The number of amides is 1. The van der Waals surface area contributed by atoms with E-state index in [0.29, 0.717) is 16.5 Å². The molecule has 0 aliphatic heterocycles. The molecule has 2 aliphatic carbocycles. The van der Waals surface area contributed by atoms with Crippen LogP contribution in [0.25, 0.3) is 10.8 Å². The molecular weight excluding hydrogens is 475 g/mol. The largest absolute Gasteiger partial charge is 0.508 e. The van der Waals surface area contributed by atoms with Gasteiger partial charge in [-0.15, -0.1) is 12.4 Å². The van der Waals surface area contributed by atoms with Crippen molar-refractivity contribution in [2.24, 2.45) is 11.7 Å². The summed E-state index contributed by atoms with van der Waals surface area (Å²) in [6.07, 6.45) is -0.108. The van der Waals surface area contributed by atoms with E-state index in [0.717, 1.165) is 0 Å². The molecule has 2 aliphatic rings. The highest BCUT2D eigenvalue weighted by atomic mass is 35.5. The number of carbonyl (C=O) groups is 3. The van der Waals surface area contributed by atoms with Crippen LogP contribution in [0, 0.1) is 12.8 Å². The van der Waals surface area contributed by atoms with Crippen LogP contribution in [0.2, 0.25) is 5.02 Å². The summed E-state index contributed by atoms with van der Waals surface area (Å²) in [5.41, 5.74) is 2.19. The zero-order chi connectivity index (χ0) is 23.9. The number of nitrogens with two attached hydrogens (primary N) is 1. The molecule has 0 aromatic heterocycles. The van der Waals surface area contributed by atoms with E-state index in [1.165, 1.54) is 31.1 Å². The molecule has 0 spiro atoms.